The van der Waals surface area contributed by atoms with Gasteiger partial charge in [0.05, 0.1) is 39.9 Å². The quantitative estimate of drug-likeness (QED) is 0.0309. The maximum absolute atomic E-state index is 12.7. The van der Waals surface area contributed by atoms with E-state index in [1.165, 1.54) is 25.7 Å². The molecule has 2 N–H and O–H groups in total. The van der Waals surface area contributed by atoms with Gasteiger partial charge in [-0.05, 0) is 70.6 Å². The molecule has 1 amide bonds. The van der Waals surface area contributed by atoms with Crippen LogP contribution >= 0.6 is 7.82 Å². The number of amides is 1. The van der Waals surface area contributed by atoms with Crippen LogP contribution in [0.4, 0.5) is 0 Å². The third-order valence-corrected chi connectivity index (χ3v) is 8.50. The fourth-order valence-electron chi connectivity index (χ4n) is 4.48. The SMILES string of the molecule is CC/C=C\C/C=C\C/C=C\C/C=C\C/C=C\CC(=O)NC(COP(=O)([O-])OCC[N+](C)(C)C)C(O)/C=C/CC/C=C/CC/C=C/CCCCCC. The van der Waals surface area contributed by atoms with Crippen LogP contribution in [0.2, 0.25) is 0 Å². The molecule has 0 saturated heterocycles. The number of phosphoric acid groups is 1. The van der Waals surface area contributed by atoms with Crippen molar-refractivity contribution >= 4 is 13.7 Å². The Balaban J connectivity index is 4.81. The van der Waals surface area contributed by atoms with E-state index in [-0.39, 0.29) is 18.9 Å². The molecule has 0 aliphatic carbocycles. The fourth-order valence-corrected chi connectivity index (χ4v) is 5.21. The van der Waals surface area contributed by atoms with E-state index in [9.17, 15) is 19.4 Å². The van der Waals surface area contributed by atoms with E-state index in [0.29, 0.717) is 23.9 Å². The Morgan fingerprint density at radius 3 is 1.75 bits per heavy atom. The smallest absolute Gasteiger partial charge is 0.268 e. The van der Waals surface area contributed by atoms with E-state index in [2.05, 4.69) is 86.0 Å². The summed E-state index contributed by atoms with van der Waals surface area (Å²) in [6.45, 7) is 4.35. The number of likely N-dealkylation sites (N-methyl/N-ethyl adjacent to an activating group) is 1. The maximum Gasteiger partial charge on any atom is 0.268 e. The maximum atomic E-state index is 12.7. The molecule has 0 radical (unpaired) electrons. The average molecular weight is 731 g/mol. The average Bonchev–Trinajstić information content (AvgIpc) is 3.07. The Hall–Kier alpha value is -2.58. The highest BCUT2D eigenvalue weighted by molar-refractivity contribution is 7.45. The van der Waals surface area contributed by atoms with Crippen molar-refractivity contribution in [2.75, 3.05) is 40.9 Å². The van der Waals surface area contributed by atoms with Crippen molar-refractivity contribution in [2.45, 2.75) is 122 Å². The highest BCUT2D eigenvalue weighted by Crippen LogP contribution is 2.38. The molecule has 0 heterocycles. The van der Waals surface area contributed by atoms with Crippen molar-refractivity contribution in [3.05, 3.63) is 97.2 Å². The molecule has 3 unspecified atom stereocenters. The minimum Gasteiger partial charge on any atom is -0.756 e. The number of quaternary nitrogens is 1. The number of unbranched alkanes of at least 4 members (excludes halogenated alkanes) is 6. The molecule has 0 rings (SSSR count). The Morgan fingerprint density at radius 1 is 0.706 bits per heavy atom. The second-order valence-electron chi connectivity index (χ2n) is 13.5. The first-order valence-electron chi connectivity index (χ1n) is 19.1. The normalized spacial score (nSPS) is 15.7. The van der Waals surface area contributed by atoms with Crippen LogP contribution in [0, 0.1) is 0 Å². The van der Waals surface area contributed by atoms with E-state index in [0.717, 1.165) is 51.4 Å². The predicted octanol–water partition coefficient (Wildman–Crippen LogP) is 9.38. The van der Waals surface area contributed by atoms with Gasteiger partial charge in [0, 0.05) is 6.42 Å². The highest BCUT2D eigenvalue weighted by atomic mass is 31.2. The number of allylic oxidation sites excluding steroid dienone is 14. The van der Waals surface area contributed by atoms with Gasteiger partial charge in [-0.15, -0.1) is 0 Å². The van der Waals surface area contributed by atoms with Crippen molar-refractivity contribution in [1.29, 1.82) is 0 Å². The first kappa shape index (κ1) is 48.4. The van der Waals surface area contributed by atoms with Crippen LogP contribution < -0.4 is 10.2 Å². The number of rotatable bonds is 32. The second kappa shape index (κ2) is 33.3. The van der Waals surface area contributed by atoms with Gasteiger partial charge in [-0.3, -0.25) is 9.36 Å². The van der Waals surface area contributed by atoms with Gasteiger partial charge < -0.3 is 28.8 Å². The van der Waals surface area contributed by atoms with Crippen molar-refractivity contribution in [2.24, 2.45) is 0 Å². The predicted molar refractivity (Wildman–Crippen MR) is 214 cm³/mol. The third-order valence-electron chi connectivity index (χ3n) is 7.53. The lowest BCUT2D eigenvalue weighted by molar-refractivity contribution is -0.870. The minimum atomic E-state index is -4.62. The van der Waals surface area contributed by atoms with Gasteiger partial charge in [0.15, 0.2) is 0 Å². The minimum absolute atomic E-state index is 0.0311. The van der Waals surface area contributed by atoms with Crippen LogP contribution in [0.3, 0.4) is 0 Å². The number of hydrogen-bond donors (Lipinski definition) is 2. The molecular weight excluding hydrogens is 659 g/mol. The summed E-state index contributed by atoms with van der Waals surface area (Å²) >= 11 is 0. The molecular formula is C42H71N2O6P. The van der Waals surface area contributed by atoms with Crippen LogP contribution in [0.5, 0.6) is 0 Å². The molecule has 8 nitrogen and oxygen atoms in total. The van der Waals surface area contributed by atoms with E-state index in [1.807, 2.05) is 39.4 Å². The van der Waals surface area contributed by atoms with Crippen molar-refractivity contribution in [1.82, 2.24) is 5.32 Å². The van der Waals surface area contributed by atoms with Crippen LogP contribution in [0.1, 0.15) is 110 Å². The third kappa shape index (κ3) is 35.6. The molecule has 0 aromatic rings. The van der Waals surface area contributed by atoms with Gasteiger partial charge in [-0.1, -0.05) is 130 Å². The summed E-state index contributed by atoms with van der Waals surface area (Å²) in [6, 6.07) is -0.968. The first-order valence-corrected chi connectivity index (χ1v) is 20.6. The number of aliphatic hydroxyl groups excluding tert-OH is 1. The number of nitrogens with one attached hydrogen (secondary N) is 1. The summed E-state index contributed by atoms with van der Waals surface area (Å²) in [5.74, 6) is -0.345. The molecule has 9 heteroatoms. The number of nitrogens with zero attached hydrogens (tertiary/aromatic N) is 1. The molecule has 3 atom stereocenters. The zero-order valence-electron chi connectivity index (χ0n) is 32.5. The topological polar surface area (TPSA) is 108 Å². The second-order valence-corrected chi connectivity index (χ2v) is 15.0. The molecule has 51 heavy (non-hydrogen) atoms. The largest absolute Gasteiger partial charge is 0.756 e. The van der Waals surface area contributed by atoms with E-state index >= 15 is 0 Å². The zero-order valence-corrected chi connectivity index (χ0v) is 33.4. The van der Waals surface area contributed by atoms with Crippen LogP contribution in [0.15, 0.2) is 97.2 Å². The molecule has 0 aliphatic rings. The van der Waals surface area contributed by atoms with Gasteiger partial charge in [-0.25, -0.2) is 0 Å². The molecule has 290 valence electrons. The summed E-state index contributed by atoms with van der Waals surface area (Å²) in [6.07, 6.45) is 46.3. The summed E-state index contributed by atoms with van der Waals surface area (Å²) in [5.41, 5.74) is 0. The number of aliphatic hydroxyl groups is 1. The van der Waals surface area contributed by atoms with Crippen LogP contribution in [-0.2, 0) is 18.4 Å². The summed E-state index contributed by atoms with van der Waals surface area (Å²) in [4.78, 5) is 25.1. The Bertz CT molecular complexity index is 1150. The van der Waals surface area contributed by atoms with Crippen molar-refractivity contribution in [3.63, 3.8) is 0 Å². The van der Waals surface area contributed by atoms with Crippen molar-refractivity contribution < 1.29 is 32.9 Å². The number of carbonyl (C=O) groups excluding carboxylic acids is 1. The standard InChI is InChI=1S/C42H71N2O6P/c1-6-8-10-12-14-16-18-20-22-24-26-28-30-32-34-36-42(46)43-40(39-50-51(47,48)49-38-37-44(3,4)5)41(45)35-33-31-29-27-25-23-21-19-17-15-13-11-9-7-2/h8,10,14,16-17,19-20,22,25-28,32-35,40-41,45H,6-7,9,11-13,15,18,21,23-24,29-31,36-39H2,1-5H3,(H-,43,46,47,48)/b10-8-,16-14-,19-17+,22-20-,27-25+,28-26-,34-32-,35-33+. The van der Waals surface area contributed by atoms with Crippen molar-refractivity contribution in [3.8, 4) is 0 Å². The highest BCUT2D eigenvalue weighted by Gasteiger charge is 2.22. The summed E-state index contributed by atoms with van der Waals surface area (Å²) < 4.78 is 23.0. The molecule has 0 fully saturated rings. The lowest BCUT2D eigenvalue weighted by atomic mass is 10.1. The van der Waals surface area contributed by atoms with Gasteiger partial charge in [0.1, 0.15) is 13.2 Å². The van der Waals surface area contributed by atoms with E-state index < -0.39 is 26.6 Å². The van der Waals surface area contributed by atoms with E-state index in [1.54, 1.807) is 12.2 Å². The monoisotopic (exact) mass is 731 g/mol. The number of hydrogen-bond acceptors (Lipinski definition) is 6. The van der Waals surface area contributed by atoms with Gasteiger partial charge in [0.25, 0.3) is 7.82 Å². The molecule has 0 aromatic carbocycles. The fraction of sp³-hybridized carbons (Fsp3) is 0.595. The first-order chi connectivity index (χ1) is 24.5. The summed E-state index contributed by atoms with van der Waals surface area (Å²) in [5, 5.41) is 13.6. The van der Waals surface area contributed by atoms with Crippen LogP contribution in [0.25, 0.3) is 0 Å². The summed E-state index contributed by atoms with van der Waals surface area (Å²) in [7, 11) is 1.16. The molecule has 0 aromatic heterocycles. The van der Waals surface area contributed by atoms with E-state index in [4.69, 9.17) is 9.05 Å². The molecule has 0 bridgehead atoms. The zero-order chi connectivity index (χ0) is 37.9. The molecule has 0 saturated carbocycles. The number of carbonyl (C=O) groups is 1. The Labute approximate surface area is 311 Å². The van der Waals surface area contributed by atoms with Crippen LogP contribution in [-0.4, -0.2) is 68.5 Å². The Kier molecular flexibility index (Phi) is 31.6. The lowest BCUT2D eigenvalue weighted by Crippen LogP contribution is -2.45. The molecule has 0 spiro atoms. The lowest BCUT2D eigenvalue weighted by Gasteiger charge is -2.29. The molecule has 0 aliphatic heterocycles. The van der Waals surface area contributed by atoms with Gasteiger partial charge in [0.2, 0.25) is 5.91 Å². The Morgan fingerprint density at radius 2 is 1.22 bits per heavy atom. The van der Waals surface area contributed by atoms with Gasteiger partial charge in [-0.2, -0.15) is 0 Å². The van der Waals surface area contributed by atoms with Gasteiger partial charge >= 0.3 is 0 Å². The number of phosphoric ester groups is 1.